The Morgan fingerprint density at radius 3 is 2.95 bits per heavy atom. The van der Waals surface area contributed by atoms with Crippen molar-refractivity contribution < 1.29 is 18.3 Å². The van der Waals surface area contributed by atoms with Gasteiger partial charge in [0.05, 0.1) is 0 Å². The molecule has 0 bridgehead atoms. The summed E-state index contributed by atoms with van der Waals surface area (Å²) in [6, 6.07) is 3.04. The molecule has 1 heterocycles. The van der Waals surface area contributed by atoms with Gasteiger partial charge in [-0.1, -0.05) is 0 Å². The highest BCUT2D eigenvalue weighted by molar-refractivity contribution is 5.77. The van der Waals surface area contributed by atoms with Crippen molar-refractivity contribution in [1.29, 1.82) is 0 Å². The van der Waals surface area contributed by atoms with Crippen molar-refractivity contribution in [2.75, 3.05) is 19.7 Å². The second-order valence-corrected chi connectivity index (χ2v) is 5.46. The van der Waals surface area contributed by atoms with Crippen molar-refractivity contribution in [2.45, 2.75) is 25.8 Å². The molecule has 2 rings (SSSR count). The second-order valence-electron chi connectivity index (χ2n) is 5.46. The highest BCUT2D eigenvalue weighted by Crippen LogP contribution is 2.20. The maximum atomic E-state index is 13.4. The molecule has 2 atom stereocenters. The van der Waals surface area contributed by atoms with Gasteiger partial charge in [-0.3, -0.25) is 4.79 Å². The largest absolute Gasteiger partial charge is 0.481 e. The molecular weight excluding hydrogens is 278 g/mol. The smallest absolute Gasteiger partial charge is 0.260 e. The molecule has 0 unspecified atom stereocenters. The maximum Gasteiger partial charge on any atom is 0.260 e. The third-order valence-electron chi connectivity index (χ3n) is 3.80. The number of nitrogens with two attached hydrogens (primary N) is 1. The van der Waals surface area contributed by atoms with Gasteiger partial charge in [0.15, 0.2) is 18.2 Å². The van der Waals surface area contributed by atoms with Gasteiger partial charge in [0.25, 0.3) is 5.91 Å². The zero-order valence-electron chi connectivity index (χ0n) is 12.0. The van der Waals surface area contributed by atoms with Crippen molar-refractivity contribution in [3.05, 3.63) is 29.8 Å². The van der Waals surface area contributed by atoms with Crippen molar-refractivity contribution in [2.24, 2.45) is 11.7 Å². The van der Waals surface area contributed by atoms with E-state index in [1.165, 1.54) is 6.07 Å². The summed E-state index contributed by atoms with van der Waals surface area (Å²) < 4.78 is 31.3. The first-order chi connectivity index (χ1) is 9.97. The van der Waals surface area contributed by atoms with Gasteiger partial charge in [-0.2, -0.15) is 0 Å². The SMILES string of the molecule is C[C@@H](N)[C@H]1CCCN(C(=O)COc2ccc(F)cc2F)C1. The lowest BCUT2D eigenvalue weighted by Gasteiger charge is -2.34. The predicted molar refractivity (Wildman–Crippen MR) is 74.8 cm³/mol. The van der Waals surface area contributed by atoms with Crippen LogP contribution in [0.15, 0.2) is 18.2 Å². The van der Waals surface area contributed by atoms with Crippen LogP contribution in [0, 0.1) is 17.6 Å². The average Bonchev–Trinajstić information content (AvgIpc) is 2.46. The van der Waals surface area contributed by atoms with Crippen LogP contribution in [0.4, 0.5) is 8.78 Å². The summed E-state index contributed by atoms with van der Waals surface area (Å²) in [7, 11) is 0. The monoisotopic (exact) mass is 298 g/mol. The number of hydrogen-bond acceptors (Lipinski definition) is 3. The van der Waals surface area contributed by atoms with Gasteiger partial charge in [0.1, 0.15) is 5.82 Å². The summed E-state index contributed by atoms with van der Waals surface area (Å²) in [6.07, 6.45) is 1.91. The van der Waals surface area contributed by atoms with Crippen LogP contribution in [0.1, 0.15) is 19.8 Å². The normalized spacial score (nSPS) is 20.2. The Balaban J connectivity index is 1.89. The van der Waals surface area contributed by atoms with Crippen molar-refractivity contribution >= 4 is 5.91 Å². The first-order valence-electron chi connectivity index (χ1n) is 7.08. The van der Waals surface area contributed by atoms with Gasteiger partial charge in [0.2, 0.25) is 0 Å². The molecule has 4 nitrogen and oxygen atoms in total. The van der Waals surface area contributed by atoms with E-state index >= 15 is 0 Å². The first-order valence-corrected chi connectivity index (χ1v) is 7.08. The van der Waals surface area contributed by atoms with E-state index in [1.807, 2.05) is 6.92 Å². The van der Waals surface area contributed by atoms with Crippen LogP contribution in [0.25, 0.3) is 0 Å². The number of carbonyl (C=O) groups excluding carboxylic acids is 1. The molecule has 1 aromatic carbocycles. The lowest BCUT2D eigenvalue weighted by molar-refractivity contribution is -0.135. The molecule has 1 amide bonds. The zero-order chi connectivity index (χ0) is 15.4. The number of benzene rings is 1. The molecule has 116 valence electrons. The first kappa shape index (κ1) is 15.7. The topological polar surface area (TPSA) is 55.6 Å². The number of carbonyl (C=O) groups is 1. The van der Waals surface area contributed by atoms with E-state index in [0.29, 0.717) is 13.1 Å². The maximum absolute atomic E-state index is 13.4. The van der Waals surface area contributed by atoms with Gasteiger partial charge in [-0.05, 0) is 37.8 Å². The molecule has 0 radical (unpaired) electrons. The molecule has 1 aliphatic heterocycles. The fraction of sp³-hybridized carbons (Fsp3) is 0.533. The molecule has 1 aliphatic rings. The Kier molecular flexibility index (Phi) is 5.12. The fourth-order valence-electron chi connectivity index (χ4n) is 2.49. The van der Waals surface area contributed by atoms with Crippen molar-refractivity contribution in [1.82, 2.24) is 4.90 Å². The third-order valence-corrected chi connectivity index (χ3v) is 3.80. The van der Waals surface area contributed by atoms with Crippen LogP contribution in [0.5, 0.6) is 5.75 Å². The molecule has 21 heavy (non-hydrogen) atoms. The van der Waals surface area contributed by atoms with E-state index < -0.39 is 11.6 Å². The van der Waals surface area contributed by atoms with Gasteiger partial charge >= 0.3 is 0 Å². The summed E-state index contributed by atoms with van der Waals surface area (Å²) >= 11 is 0. The summed E-state index contributed by atoms with van der Waals surface area (Å²) in [6.45, 7) is 2.94. The Labute approximate surface area is 122 Å². The Bertz CT molecular complexity index is 508. The summed E-state index contributed by atoms with van der Waals surface area (Å²) in [5.74, 6) is -1.53. The minimum atomic E-state index is -0.810. The zero-order valence-corrected chi connectivity index (χ0v) is 12.0. The van der Waals surface area contributed by atoms with Gasteiger partial charge in [0, 0.05) is 25.2 Å². The van der Waals surface area contributed by atoms with Crippen LogP contribution in [0.2, 0.25) is 0 Å². The molecular formula is C15H20F2N2O2. The predicted octanol–water partition coefficient (Wildman–Crippen LogP) is 1.93. The number of rotatable bonds is 4. The van der Waals surface area contributed by atoms with Crippen LogP contribution < -0.4 is 10.5 Å². The molecule has 1 saturated heterocycles. The molecule has 0 aromatic heterocycles. The standard InChI is InChI=1S/C15H20F2N2O2/c1-10(18)11-3-2-6-19(8-11)15(20)9-21-14-5-4-12(16)7-13(14)17/h4-5,7,10-11H,2-3,6,8-9,18H2,1H3/t10-,11+/m1/s1. The lowest BCUT2D eigenvalue weighted by atomic mass is 9.92. The van der Waals surface area contributed by atoms with Gasteiger partial charge in [-0.25, -0.2) is 8.78 Å². The quantitative estimate of drug-likeness (QED) is 0.924. The van der Waals surface area contributed by atoms with Gasteiger partial charge < -0.3 is 15.4 Å². The highest BCUT2D eigenvalue weighted by atomic mass is 19.1. The number of nitrogens with zero attached hydrogens (tertiary/aromatic N) is 1. The molecule has 1 aromatic rings. The van der Waals surface area contributed by atoms with E-state index in [4.69, 9.17) is 10.5 Å². The van der Waals surface area contributed by atoms with Crippen molar-refractivity contribution in [3.63, 3.8) is 0 Å². The second kappa shape index (κ2) is 6.85. The average molecular weight is 298 g/mol. The third kappa shape index (κ3) is 4.14. The number of likely N-dealkylation sites (tertiary alicyclic amines) is 1. The van der Waals surface area contributed by atoms with Crippen LogP contribution in [-0.4, -0.2) is 36.5 Å². The van der Waals surface area contributed by atoms with Crippen LogP contribution >= 0.6 is 0 Å². The van der Waals surface area contributed by atoms with E-state index in [-0.39, 0.29) is 30.2 Å². The molecule has 0 saturated carbocycles. The van der Waals surface area contributed by atoms with Gasteiger partial charge in [-0.15, -0.1) is 0 Å². The molecule has 6 heteroatoms. The summed E-state index contributed by atoms with van der Waals surface area (Å²) in [5, 5.41) is 0. The Morgan fingerprint density at radius 1 is 1.52 bits per heavy atom. The fourth-order valence-corrected chi connectivity index (χ4v) is 2.49. The van der Waals surface area contributed by atoms with E-state index in [9.17, 15) is 13.6 Å². The summed E-state index contributed by atoms with van der Waals surface area (Å²) in [5.41, 5.74) is 5.87. The number of hydrogen-bond donors (Lipinski definition) is 1. The Hall–Kier alpha value is -1.69. The summed E-state index contributed by atoms with van der Waals surface area (Å²) in [4.78, 5) is 13.8. The molecule has 1 fully saturated rings. The van der Waals surface area contributed by atoms with Crippen LogP contribution in [0.3, 0.4) is 0 Å². The van der Waals surface area contributed by atoms with E-state index in [0.717, 1.165) is 25.0 Å². The van der Waals surface area contributed by atoms with E-state index in [1.54, 1.807) is 4.90 Å². The highest BCUT2D eigenvalue weighted by Gasteiger charge is 2.26. The minimum Gasteiger partial charge on any atom is -0.481 e. The molecule has 0 aliphatic carbocycles. The minimum absolute atomic E-state index is 0.0380. The Morgan fingerprint density at radius 2 is 2.29 bits per heavy atom. The number of halogens is 2. The van der Waals surface area contributed by atoms with E-state index in [2.05, 4.69) is 0 Å². The lowest BCUT2D eigenvalue weighted by Crippen LogP contribution is -2.46. The molecule has 0 spiro atoms. The number of piperidine rings is 1. The van der Waals surface area contributed by atoms with Crippen molar-refractivity contribution in [3.8, 4) is 5.75 Å². The number of amides is 1. The van der Waals surface area contributed by atoms with Crippen LogP contribution in [-0.2, 0) is 4.79 Å². The number of ether oxygens (including phenoxy) is 1. The molecule has 2 N–H and O–H groups in total.